The lowest BCUT2D eigenvalue weighted by molar-refractivity contribution is -0.117. The summed E-state index contributed by atoms with van der Waals surface area (Å²) in [7, 11) is 3.37. The van der Waals surface area contributed by atoms with E-state index in [1.165, 1.54) is 0 Å². The highest BCUT2D eigenvalue weighted by Gasteiger charge is 2.30. The Hall–Kier alpha value is -0.450. The highest BCUT2D eigenvalue weighted by atomic mass is 16.5. The molecule has 0 bridgehead atoms. The minimum Gasteiger partial charge on any atom is -0.384 e. The molecule has 0 aromatic carbocycles. The van der Waals surface area contributed by atoms with Crippen molar-refractivity contribution in [3.8, 4) is 0 Å². The van der Waals surface area contributed by atoms with Crippen molar-refractivity contribution in [2.45, 2.75) is 45.6 Å². The van der Waals surface area contributed by atoms with Gasteiger partial charge in [-0.3, -0.25) is 0 Å². The van der Waals surface area contributed by atoms with Crippen molar-refractivity contribution in [2.24, 2.45) is 5.92 Å². The van der Waals surface area contributed by atoms with Crippen LogP contribution in [-0.4, -0.2) is 45.4 Å². The molecule has 0 atom stereocenters. The van der Waals surface area contributed by atoms with Gasteiger partial charge in [0.15, 0.2) is 0 Å². The smallest absolute Gasteiger partial charge is 0.129 e. The van der Waals surface area contributed by atoms with E-state index in [2.05, 4.69) is 13.8 Å². The molecule has 0 aromatic heterocycles. The van der Waals surface area contributed by atoms with Crippen LogP contribution in [0.5, 0.6) is 0 Å². The molecule has 4 heteroatoms. The van der Waals surface area contributed by atoms with Crippen molar-refractivity contribution in [1.82, 2.24) is 0 Å². The van der Waals surface area contributed by atoms with Crippen molar-refractivity contribution >= 4 is 5.78 Å². The average Bonchev–Trinajstić information content (AvgIpc) is 2.27. The monoisotopic (exact) mass is 260 g/mol. The molecular weight excluding hydrogens is 232 g/mol. The van der Waals surface area contributed by atoms with Gasteiger partial charge < -0.3 is 19.0 Å². The van der Waals surface area contributed by atoms with Crippen molar-refractivity contribution in [3.63, 3.8) is 0 Å². The highest BCUT2D eigenvalue weighted by Crippen LogP contribution is 2.22. The Labute approximate surface area is 111 Å². The van der Waals surface area contributed by atoms with E-state index in [9.17, 15) is 4.79 Å². The van der Waals surface area contributed by atoms with Crippen LogP contribution in [0, 0.1) is 5.92 Å². The number of ketones is 1. The molecule has 0 heterocycles. The van der Waals surface area contributed by atoms with E-state index in [1.807, 2.05) is 0 Å². The first-order valence-electron chi connectivity index (χ1n) is 6.55. The number of hydrogen-bond acceptors (Lipinski definition) is 4. The molecule has 108 valence electrons. The Kier molecular flexibility index (Phi) is 9.24. The number of carbonyl (C=O) groups is 1. The summed E-state index contributed by atoms with van der Waals surface area (Å²) >= 11 is 0. The second kappa shape index (κ2) is 9.48. The van der Waals surface area contributed by atoms with Gasteiger partial charge in [-0.25, -0.2) is 0 Å². The fourth-order valence-electron chi connectivity index (χ4n) is 1.78. The second-order valence-corrected chi connectivity index (χ2v) is 5.22. The molecule has 0 saturated carbocycles. The van der Waals surface area contributed by atoms with Crippen LogP contribution in [0.15, 0.2) is 0 Å². The van der Waals surface area contributed by atoms with Crippen LogP contribution < -0.4 is 0 Å². The SMILES string of the molecule is COCC(COC)C(C)(C)OCCCCC(C)=O. The maximum absolute atomic E-state index is 10.8. The standard InChI is InChI=1S/C14H28O4/c1-12(15)8-6-7-9-18-14(2,3)13(10-16-4)11-17-5/h13H,6-11H2,1-5H3. The predicted octanol–water partition coefficient (Wildman–Crippen LogP) is 2.45. The van der Waals surface area contributed by atoms with Gasteiger partial charge in [-0.1, -0.05) is 0 Å². The van der Waals surface area contributed by atoms with Gasteiger partial charge in [0.1, 0.15) is 5.78 Å². The Balaban J connectivity index is 3.97. The molecule has 0 aromatic rings. The molecule has 0 fully saturated rings. The van der Waals surface area contributed by atoms with Crippen molar-refractivity contribution < 1.29 is 19.0 Å². The summed E-state index contributed by atoms with van der Waals surface area (Å²) in [6.07, 6.45) is 2.45. The summed E-state index contributed by atoms with van der Waals surface area (Å²) in [5, 5.41) is 0. The number of ether oxygens (including phenoxy) is 3. The van der Waals surface area contributed by atoms with E-state index in [4.69, 9.17) is 14.2 Å². The van der Waals surface area contributed by atoms with Crippen molar-refractivity contribution in [1.29, 1.82) is 0 Å². The molecule has 0 aliphatic heterocycles. The molecule has 0 saturated heterocycles. The lowest BCUT2D eigenvalue weighted by Gasteiger charge is -2.33. The molecule has 0 spiro atoms. The summed E-state index contributed by atoms with van der Waals surface area (Å²) in [5.41, 5.74) is -0.276. The maximum atomic E-state index is 10.8. The number of rotatable bonds is 11. The molecule has 0 N–H and O–H groups in total. The first kappa shape index (κ1) is 17.6. The molecule has 18 heavy (non-hydrogen) atoms. The van der Waals surface area contributed by atoms with E-state index in [-0.39, 0.29) is 17.3 Å². The van der Waals surface area contributed by atoms with E-state index in [1.54, 1.807) is 21.1 Å². The Morgan fingerprint density at radius 3 is 2.11 bits per heavy atom. The van der Waals surface area contributed by atoms with E-state index >= 15 is 0 Å². The van der Waals surface area contributed by atoms with Gasteiger partial charge in [-0.2, -0.15) is 0 Å². The zero-order valence-corrected chi connectivity index (χ0v) is 12.5. The van der Waals surface area contributed by atoms with Gasteiger partial charge in [0.2, 0.25) is 0 Å². The van der Waals surface area contributed by atoms with Gasteiger partial charge in [-0.15, -0.1) is 0 Å². The van der Waals surface area contributed by atoms with E-state index in [0.717, 1.165) is 12.8 Å². The molecule has 0 rings (SSSR count). The first-order chi connectivity index (χ1) is 8.44. The van der Waals surface area contributed by atoms with Crippen molar-refractivity contribution in [2.75, 3.05) is 34.0 Å². The van der Waals surface area contributed by atoms with Gasteiger partial charge in [-0.05, 0) is 33.6 Å². The third-order valence-electron chi connectivity index (χ3n) is 3.12. The number of Topliss-reactive ketones (excluding diaryl/α,β-unsaturated/α-hetero) is 1. The van der Waals surface area contributed by atoms with Gasteiger partial charge >= 0.3 is 0 Å². The molecule has 0 aliphatic rings. The van der Waals surface area contributed by atoms with Crippen LogP contribution in [0.4, 0.5) is 0 Å². The van der Waals surface area contributed by atoms with Gasteiger partial charge in [0.25, 0.3) is 0 Å². The summed E-state index contributed by atoms with van der Waals surface area (Å²) in [6, 6.07) is 0. The Morgan fingerprint density at radius 2 is 1.67 bits per heavy atom. The average molecular weight is 260 g/mol. The minimum absolute atomic E-state index is 0.209. The van der Waals surface area contributed by atoms with Gasteiger partial charge in [0, 0.05) is 33.2 Å². The first-order valence-corrected chi connectivity index (χ1v) is 6.55. The van der Waals surface area contributed by atoms with Crippen LogP contribution in [0.3, 0.4) is 0 Å². The summed E-state index contributed by atoms with van der Waals surface area (Å²) in [4.78, 5) is 10.8. The number of unbranched alkanes of at least 4 members (excludes halogenated alkanes) is 1. The molecule has 0 unspecified atom stereocenters. The molecule has 0 amide bonds. The molecule has 4 nitrogen and oxygen atoms in total. The lowest BCUT2D eigenvalue weighted by atomic mass is 9.92. The molecule has 0 aliphatic carbocycles. The number of hydrogen-bond donors (Lipinski definition) is 0. The number of methoxy groups -OCH3 is 2. The third kappa shape index (κ3) is 7.80. The molecular formula is C14H28O4. The minimum atomic E-state index is -0.276. The van der Waals surface area contributed by atoms with Crippen LogP contribution >= 0.6 is 0 Å². The topological polar surface area (TPSA) is 44.8 Å². The summed E-state index contributed by atoms with van der Waals surface area (Å²) in [5.74, 6) is 0.450. The Bertz CT molecular complexity index is 220. The quantitative estimate of drug-likeness (QED) is 0.535. The van der Waals surface area contributed by atoms with E-state index in [0.29, 0.717) is 26.2 Å². The van der Waals surface area contributed by atoms with Crippen LogP contribution in [0.2, 0.25) is 0 Å². The maximum Gasteiger partial charge on any atom is 0.129 e. The molecule has 0 radical (unpaired) electrons. The fraction of sp³-hybridized carbons (Fsp3) is 0.929. The van der Waals surface area contributed by atoms with Crippen LogP contribution in [0.1, 0.15) is 40.0 Å². The number of carbonyl (C=O) groups excluding carboxylic acids is 1. The largest absolute Gasteiger partial charge is 0.384 e. The predicted molar refractivity (Wildman–Crippen MR) is 71.8 cm³/mol. The van der Waals surface area contributed by atoms with Crippen molar-refractivity contribution in [3.05, 3.63) is 0 Å². The lowest BCUT2D eigenvalue weighted by Crippen LogP contribution is -2.40. The zero-order chi connectivity index (χ0) is 14.0. The zero-order valence-electron chi connectivity index (χ0n) is 12.5. The normalized spacial score (nSPS) is 12.1. The summed E-state index contributed by atoms with van der Waals surface area (Å²) < 4.78 is 16.3. The van der Waals surface area contributed by atoms with Crippen LogP contribution in [0.25, 0.3) is 0 Å². The third-order valence-corrected chi connectivity index (χ3v) is 3.12. The van der Waals surface area contributed by atoms with E-state index < -0.39 is 0 Å². The van der Waals surface area contributed by atoms with Gasteiger partial charge in [0.05, 0.1) is 18.8 Å². The fourth-order valence-corrected chi connectivity index (χ4v) is 1.78. The summed E-state index contributed by atoms with van der Waals surface area (Å²) in [6.45, 7) is 7.64. The van der Waals surface area contributed by atoms with Crippen LogP contribution in [-0.2, 0) is 19.0 Å². The Morgan fingerprint density at radius 1 is 1.11 bits per heavy atom. The highest BCUT2D eigenvalue weighted by molar-refractivity contribution is 5.75. The second-order valence-electron chi connectivity index (χ2n) is 5.22.